The Hall–Kier alpha value is -1.97. The van der Waals surface area contributed by atoms with Crippen LogP contribution in [0.4, 0.5) is 10.1 Å². The van der Waals surface area contributed by atoms with Crippen molar-refractivity contribution in [2.75, 3.05) is 5.73 Å². The summed E-state index contributed by atoms with van der Waals surface area (Å²) in [5.74, 6) is -0.369. The second kappa shape index (κ2) is 3.65. The van der Waals surface area contributed by atoms with Crippen LogP contribution in [0.3, 0.4) is 0 Å². The smallest absolute Gasteiger partial charge is 0.142 e. The van der Waals surface area contributed by atoms with E-state index in [-0.39, 0.29) is 5.82 Å². The lowest BCUT2D eigenvalue weighted by atomic mass is 10.1. The molecule has 0 saturated heterocycles. The van der Waals surface area contributed by atoms with Gasteiger partial charge in [0, 0.05) is 23.5 Å². The predicted octanol–water partition coefficient (Wildman–Crippen LogP) is 2.17. The van der Waals surface area contributed by atoms with Crippen LogP contribution >= 0.6 is 0 Å². The summed E-state index contributed by atoms with van der Waals surface area (Å²) in [5.41, 5.74) is 8.52. The number of anilines is 1. The Morgan fingerprint density at radius 3 is 2.53 bits per heavy atom. The number of nitrogens with two attached hydrogens (primary N) is 1. The first kappa shape index (κ1) is 9.58. The van der Waals surface area contributed by atoms with Gasteiger partial charge in [0.15, 0.2) is 0 Å². The highest BCUT2D eigenvalue weighted by Gasteiger charge is 2.02. The molecule has 2 heterocycles. The number of nitrogen functional groups attached to an aromatic ring is 1. The molecule has 2 N–H and O–H groups in total. The lowest BCUT2D eigenvalue weighted by Gasteiger charge is -2.03. The summed E-state index contributed by atoms with van der Waals surface area (Å²) in [6.07, 6.45) is 4.39. The monoisotopic (exact) mass is 203 g/mol. The highest BCUT2D eigenvalue weighted by atomic mass is 19.1. The van der Waals surface area contributed by atoms with Gasteiger partial charge in [-0.15, -0.1) is 0 Å². The molecule has 76 valence electrons. The zero-order chi connectivity index (χ0) is 10.8. The van der Waals surface area contributed by atoms with Gasteiger partial charge in [0.1, 0.15) is 5.82 Å². The lowest BCUT2D eigenvalue weighted by Crippen LogP contribution is -1.93. The van der Waals surface area contributed by atoms with Gasteiger partial charge in [-0.05, 0) is 19.1 Å². The molecular formula is C11H10FN3. The van der Waals surface area contributed by atoms with Gasteiger partial charge in [-0.3, -0.25) is 9.97 Å². The van der Waals surface area contributed by atoms with Crippen LogP contribution in [0.15, 0.2) is 30.7 Å². The first-order valence-corrected chi connectivity index (χ1v) is 4.50. The van der Waals surface area contributed by atoms with Gasteiger partial charge in [-0.2, -0.15) is 0 Å². The van der Waals surface area contributed by atoms with Gasteiger partial charge in [0.25, 0.3) is 0 Å². The minimum atomic E-state index is -0.369. The van der Waals surface area contributed by atoms with Crippen LogP contribution in [0.25, 0.3) is 11.1 Å². The first-order chi connectivity index (χ1) is 7.16. The molecule has 4 heteroatoms. The van der Waals surface area contributed by atoms with Gasteiger partial charge in [0.2, 0.25) is 0 Å². The van der Waals surface area contributed by atoms with E-state index < -0.39 is 0 Å². The fourth-order valence-corrected chi connectivity index (χ4v) is 1.28. The van der Waals surface area contributed by atoms with Gasteiger partial charge in [-0.1, -0.05) is 0 Å². The number of hydrogen-bond donors (Lipinski definition) is 1. The largest absolute Gasteiger partial charge is 0.397 e. The molecule has 0 aromatic carbocycles. The van der Waals surface area contributed by atoms with E-state index in [2.05, 4.69) is 9.97 Å². The molecule has 0 atom stereocenters. The third-order valence-corrected chi connectivity index (χ3v) is 2.16. The Morgan fingerprint density at radius 1 is 1.13 bits per heavy atom. The third-order valence-electron chi connectivity index (χ3n) is 2.16. The second-order valence-corrected chi connectivity index (χ2v) is 3.29. The van der Waals surface area contributed by atoms with E-state index in [0.29, 0.717) is 11.3 Å². The van der Waals surface area contributed by atoms with Crippen molar-refractivity contribution < 1.29 is 4.39 Å². The number of aromatic nitrogens is 2. The highest BCUT2D eigenvalue weighted by molar-refractivity contribution is 5.66. The van der Waals surface area contributed by atoms with Crippen LogP contribution in [0.2, 0.25) is 0 Å². The molecule has 2 aromatic heterocycles. The summed E-state index contributed by atoms with van der Waals surface area (Å²) in [5, 5.41) is 0. The van der Waals surface area contributed by atoms with Crippen molar-refractivity contribution in [3.05, 3.63) is 42.2 Å². The SMILES string of the molecule is Cc1ncc(-c2cncc(F)c2)cc1N. The molecule has 0 aliphatic rings. The molecule has 0 fully saturated rings. The molecule has 0 aliphatic heterocycles. The Labute approximate surface area is 86.8 Å². The fourth-order valence-electron chi connectivity index (χ4n) is 1.28. The van der Waals surface area contributed by atoms with E-state index in [4.69, 9.17) is 5.73 Å². The zero-order valence-corrected chi connectivity index (χ0v) is 8.24. The van der Waals surface area contributed by atoms with Crippen molar-refractivity contribution in [3.63, 3.8) is 0 Å². The molecule has 0 unspecified atom stereocenters. The highest BCUT2D eigenvalue weighted by Crippen LogP contribution is 2.21. The van der Waals surface area contributed by atoms with E-state index in [1.165, 1.54) is 6.07 Å². The topological polar surface area (TPSA) is 51.8 Å². The van der Waals surface area contributed by atoms with Crippen LogP contribution in [0.1, 0.15) is 5.69 Å². The Morgan fingerprint density at radius 2 is 1.87 bits per heavy atom. The zero-order valence-electron chi connectivity index (χ0n) is 8.24. The quantitative estimate of drug-likeness (QED) is 0.772. The number of rotatable bonds is 1. The van der Waals surface area contributed by atoms with E-state index in [0.717, 1.165) is 17.5 Å². The van der Waals surface area contributed by atoms with Gasteiger partial charge >= 0.3 is 0 Å². The van der Waals surface area contributed by atoms with Crippen molar-refractivity contribution in [2.24, 2.45) is 0 Å². The molecular weight excluding hydrogens is 193 g/mol. The standard InChI is InChI=1S/C11H10FN3/c1-7-11(13)3-9(5-15-7)8-2-10(12)6-14-4-8/h2-6H,13H2,1H3. The minimum absolute atomic E-state index is 0.369. The van der Waals surface area contributed by atoms with Crippen LogP contribution in [0, 0.1) is 12.7 Å². The molecule has 0 aliphatic carbocycles. The summed E-state index contributed by atoms with van der Waals surface area (Å²) >= 11 is 0. The van der Waals surface area contributed by atoms with Gasteiger partial charge in [-0.25, -0.2) is 4.39 Å². The molecule has 2 rings (SSSR count). The summed E-state index contributed by atoms with van der Waals surface area (Å²) in [4.78, 5) is 7.88. The van der Waals surface area contributed by atoms with Crippen molar-refractivity contribution in [2.45, 2.75) is 6.92 Å². The fraction of sp³-hybridized carbons (Fsp3) is 0.0909. The number of halogens is 1. The van der Waals surface area contributed by atoms with E-state index >= 15 is 0 Å². The third kappa shape index (κ3) is 1.93. The molecule has 0 spiro atoms. The van der Waals surface area contributed by atoms with Crippen molar-refractivity contribution in [1.82, 2.24) is 9.97 Å². The predicted molar refractivity (Wildman–Crippen MR) is 56.6 cm³/mol. The molecule has 3 nitrogen and oxygen atoms in total. The molecule has 0 radical (unpaired) electrons. The molecule has 0 amide bonds. The van der Waals surface area contributed by atoms with Crippen molar-refractivity contribution >= 4 is 5.69 Å². The van der Waals surface area contributed by atoms with Crippen LogP contribution in [-0.4, -0.2) is 9.97 Å². The van der Waals surface area contributed by atoms with Gasteiger partial charge < -0.3 is 5.73 Å². The van der Waals surface area contributed by atoms with E-state index in [1.807, 2.05) is 6.92 Å². The first-order valence-electron chi connectivity index (χ1n) is 4.50. The average molecular weight is 203 g/mol. The maximum absolute atomic E-state index is 12.9. The summed E-state index contributed by atoms with van der Waals surface area (Å²) in [6.45, 7) is 1.82. The minimum Gasteiger partial charge on any atom is -0.397 e. The molecule has 15 heavy (non-hydrogen) atoms. The number of nitrogens with zero attached hydrogens (tertiary/aromatic N) is 2. The lowest BCUT2D eigenvalue weighted by molar-refractivity contribution is 0.622. The molecule has 2 aromatic rings. The Kier molecular flexibility index (Phi) is 2.33. The average Bonchev–Trinajstić information content (AvgIpc) is 2.22. The van der Waals surface area contributed by atoms with Crippen LogP contribution in [0.5, 0.6) is 0 Å². The summed E-state index contributed by atoms with van der Waals surface area (Å²) in [7, 11) is 0. The maximum atomic E-state index is 12.9. The second-order valence-electron chi connectivity index (χ2n) is 3.29. The van der Waals surface area contributed by atoms with Crippen molar-refractivity contribution in [1.29, 1.82) is 0 Å². The molecule has 0 bridgehead atoms. The normalized spacial score (nSPS) is 10.3. The number of pyridine rings is 2. The Balaban J connectivity index is 2.50. The van der Waals surface area contributed by atoms with Gasteiger partial charge in [0.05, 0.1) is 17.6 Å². The Bertz CT molecular complexity index is 497. The van der Waals surface area contributed by atoms with Crippen LogP contribution in [-0.2, 0) is 0 Å². The van der Waals surface area contributed by atoms with E-state index in [9.17, 15) is 4.39 Å². The van der Waals surface area contributed by atoms with Crippen molar-refractivity contribution in [3.8, 4) is 11.1 Å². The van der Waals surface area contributed by atoms with Crippen LogP contribution < -0.4 is 5.73 Å². The summed E-state index contributed by atoms with van der Waals surface area (Å²) < 4.78 is 12.9. The maximum Gasteiger partial charge on any atom is 0.142 e. The van der Waals surface area contributed by atoms with E-state index in [1.54, 1.807) is 18.5 Å². The number of hydrogen-bond acceptors (Lipinski definition) is 3. The molecule has 0 saturated carbocycles. The summed E-state index contributed by atoms with van der Waals surface area (Å²) in [6, 6.07) is 3.16. The number of aryl methyl sites for hydroxylation is 1.